The van der Waals surface area contributed by atoms with Crippen molar-refractivity contribution < 1.29 is 22.3 Å². The van der Waals surface area contributed by atoms with Gasteiger partial charge in [-0.1, -0.05) is 6.07 Å². The zero-order chi connectivity index (χ0) is 24.2. The molecule has 174 valence electrons. The fourth-order valence-electron chi connectivity index (χ4n) is 3.91. The van der Waals surface area contributed by atoms with Crippen LogP contribution in [0, 0.1) is 19.7 Å². The van der Waals surface area contributed by atoms with Crippen molar-refractivity contribution in [1.29, 1.82) is 0 Å². The lowest BCUT2D eigenvalue weighted by Gasteiger charge is -2.27. The summed E-state index contributed by atoms with van der Waals surface area (Å²) in [7, 11) is -2.64. The molecular weight excluding hydrogens is 479 g/mol. The van der Waals surface area contributed by atoms with Crippen LogP contribution in [0.25, 0.3) is 16.1 Å². The lowest BCUT2D eigenvalue weighted by molar-refractivity contribution is 0.100. The van der Waals surface area contributed by atoms with Crippen molar-refractivity contribution in [2.75, 3.05) is 16.1 Å². The Morgan fingerprint density at radius 1 is 1.12 bits per heavy atom. The van der Waals surface area contributed by atoms with Gasteiger partial charge >= 0.3 is 10.2 Å². The van der Waals surface area contributed by atoms with Gasteiger partial charge in [0.05, 0.1) is 36.1 Å². The number of nitrogens with one attached hydrogen (secondary N) is 1. The molecule has 11 heteroatoms. The summed E-state index contributed by atoms with van der Waals surface area (Å²) in [6.07, 6.45) is 3.57. The Kier molecular flexibility index (Phi) is 5.18. The van der Waals surface area contributed by atoms with Crippen LogP contribution in [0.15, 0.2) is 55.0 Å². The molecule has 0 fully saturated rings. The van der Waals surface area contributed by atoms with Gasteiger partial charge < -0.3 is 9.30 Å². The molecule has 1 aliphatic rings. The number of fused-ring (bicyclic) bond motifs is 1. The van der Waals surface area contributed by atoms with Crippen LogP contribution >= 0.6 is 11.3 Å². The highest BCUT2D eigenvalue weighted by atomic mass is 32.2. The quantitative estimate of drug-likeness (QED) is 0.441. The molecule has 0 bridgehead atoms. The van der Waals surface area contributed by atoms with Gasteiger partial charge in [-0.25, -0.2) is 9.37 Å². The van der Waals surface area contributed by atoms with Crippen LogP contribution in [-0.2, 0) is 10.2 Å². The zero-order valence-corrected chi connectivity index (χ0v) is 20.0. The summed E-state index contributed by atoms with van der Waals surface area (Å²) in [6, 6.07) is 10.3. The van der Waals surface area contributed by atoms with Crippen LogP contribution in [0.5, 0.6) is 5.75 Å². The monoisotopic (exact) mass is 498 g/mol. The molecule has 0 radical (unpaired) electrons. The van der Waals surface area contributed by atoms with Gasteiger partial charge in [-0.2, -0.15) is 12.7 Å². The summed E-state index contributed by atoms with van der Waals surface area (Å²) in [4.78, 5) is 18.3. The Hall–Kier alpha value is -3.70. The highest BCUT2D eigenvalue weighted by molar-refractivity contribution is 7.95. The molecule has 4 aromatic rings. The molecule has 0 aliphatic carbocycles. The first-order valence-corrected chi connectivity index (χ1v) is 12.4. The number of ether oxygens (including phenoxy) is 1. The third-order valence-electron chi connectivity index (χ3n) is 5.50. The summed E-state index contributed by atoms with van der Waals surface area (Å²) >= 11 is 1.17. The second-order valence-corrected chi connectivity index (χ2v) is 10.3. The maximum absolute atomic E-state index is 13.4. The van der Waals surface area contributed by atoms with Crippen molar-refractivity contribution in [2.24, 2.45) is 0 Å². The molecule has 0 atom stereocenters. The number of carbonyl (C=O) groups excluding carboxylic acids is 1. The Morgan fingerprint density at radius 2 is 1.85 bits per heavy atom. The minimum atomic E-state index is -4.20. The molecule has 8 nitrogen and oxygen atoms in total. The first kappa shape index (κ1) is 22.1. The van der Waals surface area contributed by atoms with Crippen LogP contribution in [0.1, 0.15) is 21.6 Å². The third-order valence-corrected chi connectivity index (χ3v) is 8.21. The van der Waals surface area contributed by atoms with E-state index < -0.39 is 21.9 Å². The predicted octanol–water partition coefficient (Wildman–Crippen LogP) is 4.68. The van der Waals surface area contributed by atoms with Crippen LogP contribution in [-0.4, -0.2) is 31.0 Å². The number of halogens is 1. The standard InChI is InChI=1S/C23H19FN4O4S2/c1-13-11-27(12-25-13)18-9-4-15(10-19(18)32-3)21-14(2)20-22(33-21)26-34(30,31)28(23(20)29)17-7-5-16(24)6-8-17/h4-12,26H,1-3H3. The SMILES string of the molecule is COc1cc(-c2sc3c(c2C)C(=O)N(c2ccc(F)cc2)S(=O)(=O)N3)ccc1-n1cnc(C)c1. The number of amides is 1. The largest absolute Gasteiger partial charge is 0.495 e. The van der Waals surface area contributed by atoms with E-state index in [0.29, 0.717) is 15.6 Å². The lowest BCUT2D eigenvalue weighted by Crippen LogP contribution is -2.44. The Bertz CT molecular complexity index is 1540. The summed E-state index contributed by atoms with van der Waals surface area (Å²) in [5, 5.41) is 0.240. The van der Waals surface area contributed by atoms with Crippen molar-refractivity contribution >= 4 is 38.1 Å². The highest BCUT2D eigenvalue weighted by Gasteiger charge is 2.40. The Labute approximate surface area is 199 Å². The van der Waals surface area contributed by atoms with Gasteiger partial charge in [0.15, 0.2) is 0 Å². The molecule has 34 heavy (non-hydrogen) atoms. The predicted molar refractivity (Wildman–Crippen MR) is 129 cm³/mol. The number of hydrogen-bond acceptors (Lipinski definition) is 6. The van der Waals surface area contributed by atoms with E-state index in [0.717, 1.165) is 34.0 Å². The number of anilines is 2. The van der Waals surface area contributed by atoms with Crippen molar-refractivity contribution in [3.05, 3.63) is 77.6 Å². The van der Waals surface area contributed by atoms with E-state index in [2.05, 4.69) is 9.71 Å². The van der Waals surface area contributed by atoms with Gasteiger partial charge in [0.25, 0.3) is 5.91 Å². The lowest BCUT2D eigenvalue weighted by atomic mass is 10.0. The van der Waals surface area contributed by atoms with Crippen molar-refractivity contribution in [3.8, 4) is 21.9 Å². The molecule has 1 aliphatic heterocycles. The molecule has 0 unspecified atom stereocenters. The second-order valence-electron chi connectivity index (χ2n) is 7.72. The molecule has 1 N–H and O–H groups in total. The third kappa shape index (κ3) is 3.53. The average Bonchev–Trinajstić information content (AvgIpc) is 3.37. The number of thiophene rings is 1. The van der Waals surface area contributed by atoms with Gasteiger partial charge in [0.2, 0.25) is 0 Å². The van der Waals surface area contributed by atoms with Gasteiger partial charge in [-0.15, -0.1) is 11.3 Å². The topological polar surface area (TPSA) is 93.5 Å². The number of carbonyl (C=O) groups is 1. The van der Waals surface area contributed by atoms with Crippen molar-refractivity contribution in [3.63, 3.8) is 0 Å². The fourth-order valence-corrected chi connectivity index (χ4v) is 6.58. The number of nitrogens with zero attached hydrogens (tertiary/aromatic N) is 3. The second kappa shape index (κ2) is 7.96. The highest BCUT2D eigenvalue weighted by Crippen LogP contribution is 2.45. The number of benzene rings is 2. The van der Waals surface area contributed by atoms with Crippen molar-refractivity contribution in [2.45, 2.75) is 13.8 Å². The molecule has 5 rings (SSSR count). The molecule has 3 heterocycles. The maximum atomic E-state index is 13.4. The van der Waals surface area contributed by atoms with E-state index in [4.69, 9.17) is 4.74 Å². The Morgan fingerprint density at radius 3 is 2.50 bits per heavy atom. The van der Waals surface area contributed by atoms with Gasteiger partial charge in [-0.3, -0.25) is 9.52 Å². The summed E-state index contributed by atoms with van der Waals surface area (Å²) in [5.74, 6) is -0.630. The number of imidazole rings is 1. The molecule has 0 saturated carbocycles. The number of hydrogen-bond donors (Lipinski definition) is 1. The maximum Gasteiger partial charge on any atom is 0.331 e. The van der Waals surface area contributed by atoms with Crippen LogP contribution in [0.4, 0.5) is 15.1 Å². The van der Waals surface area contributed by atoms with E-state index in [1.54, 1.807) is 20.4 Å². The van der Waals surface area contributed by atoms with E-state index in [-0.39, 0.29) is 16.3 Å². The molecule has 0 spiro atoms. The van der Waals surface area contributed by atoms with Crippen molar-refractivity contribution in [1.82, 2.24) is 9.55 Å². The van der Waals surface area contributed by atoms with E-state index >= 15 is 0 Å². The minimum absolute atomic E-state index is 0.0540. The number of rotatable bonds is 4. The number of aromatic nitrogens is 2. The number of aryl methyl sites for hydroxylation is 1. The van der Waals surface area contributed by atoms with Crippen LogP contribution in [0.3, 0.4) is 0 Å². The van der Waals surface area contributed by atoms with Gasteiger partial charge in [-0.05, 0) is 61.4 Å². The van der Waals surface area contributed by atoms with Crippen LogP contribution in [0.2, 0.25) is 0 Å². The van der Waals surface area contributed by atoms with E-state index in [9.17, 15) is 17.6 Å². The smallest absolute Gasteiger partial charge is 0.331 e. The van der Waals surface area contributed by atoms with E-state index in [1.165, 1.54) is 23.5 Å². The summed E-state index contributed by atoms with van der Waals surface area (Å²) in [5.41, 5.74) is 3.38. The molecule has 1 amide bonds. The van der Waals surface area contributed by atoms with Gasteiger partial charge in [0.1, 0.15) is 16.6 Å². The molecule has 2 aromatic heterocycles. The normalized spacial score (nSPS) is 14.6. The summed E-state index contributed by atoms with van der Waals surface area (Å²) in [6.45, 7) is 3.66. The molecule has 0 saturated heterocycles. The molecular formula is C23H19FN4O4S2. The number of methoxy groups -OCH3 is 1. The first-order valence-electron chi connectivity index (χ1n) is 10.2. The molecule has 2 aromatic carbocycles. The van der Waals surface area contributed by atoms with Crippen LogP contribution < -0.4 is 13.8 Å². The zero-order valence-electron chi connectivity index (χ0n) is 18.4. The minimum Gasteiger partial charge on any atom is -0.495 e. The fraction of sp³-hybridized carbons (Fsp3) is 0.130. The Balaban J connectivity index is 1.59. The van der Waals surface area contributed by atoms with E-state index in [1.807, 2.05) is 35.9 Å². The first-order chi connectivity index (χ1) is 16.2. The average molecular weight is 499 g/mol. The summed E-state index contributed by atoms with van der Waals surface area (Å²) < 4.78 is 49.7. The van der Waals surface area contributed by atoms with Gasteiger partial charge in [0, 0.05) is 11.1 Å².